The molecule has 0 saturated heterocycles. The Morgan fingerprint density at radius 2 is 1.69 bits per heavy atom. The molecule has 5 heteroatoms. The number of thiazole rings is 1. The maximum absolute atomic E-state index is 5.42. The molecule has 2 aromatic heterocycles. The Labute approximate surface area is 177 Å². The van der Waals surface area contributed by atoms with Gasteiger partial charge in [0.25, 0.3) is 0 Å². The summed E-state index contributed by atoms with van der Waals surface area (Å²) in [6.07, 6.45) is 0. The second-order valence-corrected chi connectivity index (χ2v) is 8.73. The number of hydrogen-bond donors (Lipinski definition) is 0. The highest BCUT2D eigenvalue weighted by Gasteiger charge is 2.11. The molecule has 2 heterocycles. The van der Waals surface area contributed by atoms with Crippen molar-refractivity contribution in [3.8, 4) is 16.9 Å². The van der Waals surface area contributed by atoms with Crippen LogP contribution in [0.5, 0.6) is 5.75 Å². The van der Waals surface area contributed by atoms with Crippen LogP contribution in [-0.4, -0.2) is 17.1 Å². The lowest BCUT2D eigenvalue weighted by atomic mass is 10.0. The van der Waals surface area contributed by atoms with E-state index >= 15 is 0 Å². The van der Waals surface area contributed by atoms with E-state index in [-0.39, 0.29) is 0 Å². The second kappa shape index (κ2) is 7.85. The van der Waals surface area contributed by atoms with Crippen molar-refractivity contribution in [1.82, 2.24) is 9.97 Å². The van der Waals surface area contributed by atoms with Crippen LogP contribution in [-0.2, 0) is 5.75 Å². The van der Waals surface area contributed by atoms with Crippen LogP contribution in [0.4, 0.5) is 0 Å². The van der Waals surface area contributed by atoms with Crippen molar-refractivity contribution >= 4 is 44.2 Å². The quantitative estimate of drug-likeness (QED) is 0.296. The first-order valence-corrected chi connectivity index (χ1v) is 11.1. The number of hydrogen-bond acceptors (Lipinski definition) is 5. The number of ether oxygens (including phenoxy) is 1. The van der Waals surface area contributed by atoms with Gasteiger partial charge in [0.15, 0.2) is 0 Å². The summed E-state index contributed by atoms with van der Waals surface area (Å²) in [4.78, 5) is 9.65. The van der Waals surface area contributed by atoms with Gasteiger partial charge in [0.05, 0.1) is 33.6 Å². The molecule has 3 nitrogen and oxygen atoms in total. The summed E-state index contributed by atoms with van der Waals surface area (Å²) in [5, 5.41) is 3.23. The summed E-state index contributed by atoms with van der Waals surface area (Å²) in [6, 6.07) is 27.0. The minimum Gasteiger partial charge on any atom is -0.497 e. The lowest BCUT2D eigenvalue weighted by Crippen LogP contribution is -1.91. The van der Waals surface area contributed by atoms with Crippen LogP contribution in [0.1, 0.15) is 5.01 Å². The van der Waals surface area contributed by atoms with Gasteiger partial charge in [-0.1, -0.05) is 54.2 Å². The largest absolute Gasteiger partial charge is 0.497 e. The zero-order valence-electron chi connectivity index (χ0n) is 15.8. The molecular formula is C24H18N2OS2. The standard InChI is InChI=1S/C24H18N2OS2/c1-27-17-11-12-18-19(16-7-3-2-4-8-16)14-23(26-21(18)13-17)28-15-24-25-20-9-5-6-10-22(20)29-24/h2-14H,15H2,1H3. The van der Waals surface area contributed by atoms with Gasteiger partial charge in [-0.15, -0.1) is 11.3 Å². The fourth-order valence-electron chi connectivity index (χ4n) is 3.36. The molecule has 5 rings (SSSR count). The van der Waals surface area contributed by atoms with Crippen molar-refractivity contribution in [1.29, 1.82) is 0 Å². The van der Waals surface area contributed by atoms with Gasteiger partial charge in [-0.2, -0.15) is 0 Å². The monoisotopic (exact) mass is 414 g/mol. The van der Waals surface area contributed by atoms with E-state index in [0.717, 1.165) is 38.0 Å². The van der Waals surface area contributed by atoms with Crippen molar-refractivity contribution in [2.24, 2.45) is 0 Å². The molecule has 0 fully saturated rings. The Morgan fingerprint density at radius 3 is 2.52 bits per heavy atom. The smallest absolute Gasteiger partial charge is 0.121 e. The number of thioether (sulfide) groups is 1. The normalized spacial score (nSPS) is 11.2. The molecular weight excluding hydrogens is 396 g/mol. The van der Waals surface area contributed by atoms with E-state index in [2.05, 4.69) is 54.6 Å². The Morgan fingerprint density at radius 1 is 0.862 bits per heavy atom. The van der Waals surface area contributed by atoms with E-state index in [1.165, 1.54) is 15.8 Å². The van der Waals surface area contributed by atoms with Gasteiger partial charge < -0.3 is 4.74 Å². The molecule has 0 spiro atoms. The van der Waals surface area contributed by atoms with Crippen molar-refractivity contribution in [2.45, 2.75) is 10.8 Å². The molecule has 0 aliphatic rings. The molecule has 0 aliphatic carbocycles. The highest BCUT2D eigenvalue weighted by molar-refractivity contribution is 7.98. The topological polar surface area (TPSA) is 35.0 Å². The predicted molar refractivity (Wildman–Crippen MR) is 123 cm³/mol. The summed E-state index contributed by atoms with van der Waals surface area (Å²) >= 11 is 3.47. The van der Waals surface area contributed by atoms with Gasteiger partial charge in [-0.3, -0.25) is 0 Å². The van der Waals surface area contributed by atoms with Gasteiger partial charge in [0.2, 0.25) is 0 Å². The lowest BCUT2D eigenvalue weighted by Gasteiger charge is -2.11. The minimum atomic E-state index is 0.802. The van der Waals surface area contributed by atoms with Crippen LogP contribution in [0.25, 0.3) is 32.2 Å². The number of nitrogens with zero attached hydrogens (tertiary/aromatic N) is 2. The number of rotatable bonds is 5. The molecule has 0 amide bonds. The van der Waals surface area contributed by atoms with Gasteiger partial charge >= 0.3 is 0 Å². The lowest BCUT2D eigenvalue weighted by molar-refractivity contribution is 0.415. The molecule has 5 aromatic rings. The van der Waals surface area contributed by atoms with E-state index in [0.29, 0.717) is 0 Å². The van der Waals surface area contributed by atoms with Crippen LogP contribution in [0, 0.1) is 0 Å². The average molecular weight is 415 g/mol. The van der Waals surface area contributed by atoms with E-state index < -0.39 is 0 Å². The van der Waals surface area contributed by atoms with E-state index in [1.807, 2.05) is 24.3 Å². The molecule has 0 unspecified atom stereocenters. The molecule has 0 radical (unpaired) electrons. The molecule has 0 bridgehead atoms. The Kier molecular flexibility index (Phi) is 4.92. The van der Waals surface area contributed by atoms with Crippen molar-refractivity contribution in [3.05, 3.63) is 83.9 Å². The molecule has 0 saturated carbocycles. The van der Waals surface area contributed by atoms with Crippen molar-refractivity contribution in [2.75, 3.05) is 7.11 Å². The minimum absolute atomic E-state index is 0.802. The highest BCUT2D eigenvalue weighted by Crippen LogP contribution is 2.35. The zero-order valence-corrected chi connectivity index (χ0v) is 17.5. The number of aromatic nitrogens is 2. The van der Waals surface area contributed by atoms with E-state index in [1.54, 1.807) is 30.2 Å². The zero-order chi connectivity index (χ0) is 19.6. The second-order valence-electron chi connectivity index (χ2n) is 6.62. The van der Waals surface area contributed by atoms with Gasteiger partial charge in [0, 0.05) is 11.5 Å². The van der Waals surface area contributed by atoms with Crippen LogP contribution in [0.2, 0.25) is 0 Å². The maximum atomic E-state index is 5.42. The number of benzene rings is 3. The number of para-hydroxylation sites is 1. The maximum Gasteiger partial charge on any atom is 0.121 e. The molecule has 3 aromatic carbocycles. The summed E-state index contributed by atoms with van der Waals surface area (Å²) in [5.74, 6) is 1.62. The third-order valence-electron chi connectivity index (χ3n) is 4.76. The molecule has 0 aliphatic heterocycles. The molecule has 142 valence electrons. The number of pyridine rings is 1. The van der Waals surface area contributed by atoms with Crippen LogP contribution in [0.3, 0.4) is 0 Å². The van der Waals surface area contributed by atoms with Crippen LogP contribution < -0.4 is 4.74 Å². The average Bonchev–Trinajstić information content (AvgIpc) is 3.20. The Hall–Kier alpha value is -2.89. The summed E-state index contributed by atoms with van der Waals surface area (Å²) in [7, 11) is 1.69. The highest BCUT2D eigenvalue weighted by atomic mass is 32.2. The van der Waals surface area contributed by atoms with Gasteiger partial charge in [-0.25, -0.2) is 9.97 Å². The summed E-state index contributed by atoms with van der Waals surface area (Å²) < 4.78 is 6.64. The summed E-state index contributed by atoms with van der Waals surface area (Å²) in [6.45, 7) is 0. The van der Waals surface area contributed by atoms with Crippen LogP contribution >= 0.6 is 23.1 Å². The first-order chi connectivity index (χ1) is 14.3. The third kappa shape index (κ3) is 3.71. The summed E-state index contributed by atoms with van der Waals surface area (Å²) in [5.41, 5.74) is 4.38. The SMILES string of the molecule is COc1ccc2c(-c3ccccc3)cc(SCc3nc4ccccc4s3)nc2c1. The van der Waals surface area contributed by atoms with Crippen LogP contribution in [0.15, 0.2) is 83.9 Å². The van der Waals surface area contributed by atoms with E-state index in [9.17, 15) is 0 Å². The predicted octanol–water partition coefficient (Wildman–Crippen LogP) is 6.81. The van der Waals surface area contributed by atoms with Crippen molar-refractivity contribution < 1.29 is 4.74 Å². The molecule has 0 atom stereocenters. The Balaban J connectivity index is 1.54. The fraction of sp³-hybridized carbons (Fsp3) is 0.0833. The fourth-order valence-corrected chi connectivity index (χ4v) is 5.23. The third-order valence-corrected chi connectivity index (χ3v) is 6.90. The first kappa shape index (κ1) is 18.2. The van der Waals surface area contributed by atoms with Gasteiger partial charge in [-0.05, 0) is 41.5 Å². The van der Waals surface area contributed by atoms with Gasteiger partial charge in [0.1, 0.15) is 10.8 Å². The number of methoxy groups -OCH3 is 1. The Bertz CT molecular complexity index is 1270. The molecule has 29 heavy (non-hydrogen) atoms. The first-order valence-electron chi connectivity index (χ1n) is 9.31. The van der Waals surface area contributed by atoms with Crippen molar-refractivity contribution in [3.63, 3.8) is 0 Å². The molecule has 0 N–H and O–H groups in total. The van der Waals surface area contributed by atoms with E-state index in [4.69, 9.17) is 14.7 Å². The number of fused-ring (bicyclic) bond motifs is 2.